The maximum Gasteiger partial charge on any atom is 0.256 e. The Morgan fingerprint density at radius 2 is 2.25 bits per heavy atom. The number of aromatic nitrogens is 1. The van der Waals surface area contributed by atoms with Crippen LogP contribution in [0.25, 0.3) is 11.1 Å². The van der Waals surface area contributed by atoms with Crippen LogP contribution in [0.1, 0.15) is 12.8 Å². The lowest BCUT2D eigenvalue weighted by atomic mass is 10.3. The number of para-hydroxylation sites is 2. The highest BCUT2D eigenvalue weighted by atomic mass is 32.2. The smallest absolute Gasteiger partial charge is 0.256 e. The molecule has 0 saturated carbocycles. The van der Waals surface area contributed by atoms with Gasteiger partial charge in [0.05, 0.1) is 0 Å². The Bertz CT molecular complexity index is 462. The molecule has 0 atom stereocenters. The summed E-state index contributed by atoms with van der Waals surface area (Å²) in [6.07, 6.45) is 1.16. The zero-order chi connectivity index (χ0) is 11.4. The van der Waals surface area contributed by atoms with E-state index in [9.17, 15) is 4.79 Å². The van der Waals surface area contributed by atoms with Crippen molar-refractivity contribution in [2.45, 2.75) is 18.1 Å². The van der Waals surface area contributed by atoms with Gasteiger partial charge in [0.25, 0.3) is 5.22 Å². The topological polar surface area (TPSA) is 69.1 Å². The molecule has 2 N–H and O–H groups in total. The predicted octanol–water partition coefficient (Wildman–Crippen LogP) is 2.19. The molecule has 2 rings (SSSR count). The number of nitrogens with two attached hydrogens (primary N) is 1. The van der Waals surface area contributed by atoms with Crippen LogP contribution < -0.4 is 5.73 Å². The summed E-state index contributed by atoms with van der Waals surface area (Å²) in [5, 5.41) is 0.644. The van der Waals surface area contributed by atoms with Gasteiger partial charge in [0, 0.05) is 12.2 Å². The van der Waals surface area contributed by atoms with Crippen LogP contribution in [0.15, 0.2) is 33.9 Å². The fourth-order valence-corrected chi connectivity index (χ4v) is 2.09. The maximum atomic E-state index is 10.5. The average molecular weight is 236 g/mol. The monoisotopic (exact) mass is 236 g/mol. The maximum absolute atomic E-state index is 10.5. The highest BCUT2D eigenvalue weighted by Gasteiger charge is 2.05. The lowest BCUT2D eigenvalue weighted by molar-refractivity contribution is -0.118. The zero-order valence-electron chi connectivity index (χ0n) is 8.68. The average Bonchev–Trinajstić information content (AvgIpc) is 2.66. The third kappa shape index (κ3) is 2.76. The largest absolute Gasteiger partial charge is 0.431 e. The number of primary amides is 1. The summed E-state index contributed by atoms with van der Waals surface area (Å²) in [6.45, 7) is 0. The van der Waals surface area contributed by atoms with E-state index in [0.29, 0.717) is 11.6 Å². The molecule has 1 aromatic carbocycles. The summed E-state index contributed by atoms with van der Waals surface area (Å²) in [7, 11) is 0. The van der Waals surface area contributed by atoms with Gasteiger partial charge in [-0.1, -0.05) is 23.9 Å². The summed E-state index contributed by atoms with van der Waals surface area (Å²) in [4.78, 5) is 14.8. The van der Waals surface area contributed by atoms with Gasteiger partial charge in [-0.25, -0.2) is 4.98 Å². The zero-order valence-corrected chi connectivity index (χ0v) is 9.50. The number of rotatable bonds is 5. The minimum Gasteiger partial charge on any atom is -0.431 e. The Morgan fingerprint density at radius 1 is 1.44 bits per heavy atom. The van der Waals surface area contributed by atoms with Gasteiger partial charge < -0.3 is 10.2 Å². The molecule has 1 heterocycles. The fraction of sp³-hybridized carbons (Fsp3) is 0.273. The van der Waals surface area contributed by atoms with Gasteiger partial charge in [-0.05, 0) is 18.6 Å². The second-order valence-electron chi connectivity index (χ2n) is 3.37. The van der Waals surface area contributed by atoms with Crippen molar-refractivity contribution in [2.24, 2.45) is 5.73 Å². The first-order valence-corrected chi connectivity index (χ1v) is 6.01. The molecule has 16 heavy (non-hydrogen) atoms. The van der Waals surface area contributed by atoms with Gasteiger partial charge in [-0.15, -0.1) is 0 Å². The molecule has 0 fully saturated rings. The number of nitrogens with zero attached hydrogens (tertiary/aromatic N) is 1. The number of hydrogen-bond donors (Lipinski definition) is 1. The summed E-state index contributed by atoms with van der Waals surface area (Å²) < 4.78 is 5.51. The molecule has 5 heteroatoms. The first kappa shape index (κ1) is 11.0. The van der Waals surface area contributed by atoms with Crippen LogP contribution in [0, 0.1) is 0 Å². The Kier molecular flexibility index (Phi) is 3.46. The number of thioether (sulfide) groups is 1. The van der Waals surface area contributed by atoms with E-state index >= 15 is 0 Å². The molecule has 1 amide bonds. The normalized spacial score (nSPS) is 10.8. The summed E-state index contributed by atoms with van der Waals surface area (Å²) >= 11 is 1.50. The van der Waals surface area contributed by atoms with Gasteiger partial charge >= 0.3 is 0 Å². The third-order valence-electron chi connectivity index (χ3n) is 2.07. The Morgan fingerprint density at radius 3 is 3.00 bits per heavy atom. The minimum atomic E-state index is -0.266. The van der Waals surface area contributed by atoms with Crippen LogP contribution in [-0.4, -0.2) is 16.6 Å². The van der Waals surface area contributed by atoms with Crippen LogP contribution in [0.2, 0.25) is 0 Å². The highest BCUT2D eigenvalue weighted by Crippen LogP contribution is 2.23. The molecule has 1 aromatic heterocycles. The van der Waals surface area contributed by atoms with E-state index in [2.05, 4.69) is 4.98 Å². The van der Waals surface area contributed by atoms with Crippen molar-refractivity contribution in [1.29, 1.82) is 0 Å². The summed E-state index contributed by atoms with van der Waals surface area (Å²) in [5.74, 6) is 0.522. The second kappa shape index (κ2) is 5.03. The molecule has 0 spiro atoms. The molecule has 0 unspecified atom stereocenters. The quantitative estimate of drug-likeness (QED) is 0.638. The Hall–Kier alpha value is -1.49. The molecule has 0 aliphatic rings. The molecule has 0 bridgehead atoms. The molecule has 0 aliphatic heterocycles. The lowest BCUT2D eigenvalue weighted by Gasteiger charge is -1.94. The van der Waals surface area contributed by atoms with Crippen molar-refractivity contribution in [3.05, 3.63) is 24.3 Å². The molecule has 4 nitrogen and oxygen atoms in total. The van der Waals surface area contributed by atoms with Gasteiger partial charge in [0.2, 0.25) is 5.91 Å². The van der Waals surface area contributed by atoms with E-state index in [1.165, 1.54) is 11.8 Å². The Labute approximate surface area is 97.2 Å². The second-order valence-corrected chi connectivity index (χ2v) is 4.41. The van der Waals surface area contributed by atoms with Crippen LogP contribution in [-0.2, 0) is 4.79 Å². The number of amides is 1. The third-order valence-corrected chi connectivity index (χ3v) is 2.98. The van der Waals surface area contributed by atoms with Gasteiger partial charge in [0.15, 0.2) is 5.58 Å². The first-order chi connectivity index (χ1) is 7.75. The van der Waals surface area contributed by atoms with E-state index in [0.717, 1.165) is 23.3 Å². The van der Waals surface area contributed by atoms with E-state index in [-0.39, 0.29) is 5.91 Å². The van der Waals surface area contributed by atoms with Gasteiger partial charge in [0.1, 0.15) is 5.52 Å². The van der Waals surface area contributed by atoms with Crippen molar-refractivity contribution in [3.63, 3.8) is 0 Å². The highest BCUT2D eigenvalue weighted by molar-refractivity contribution is 7.99. The summed E-state index contributed by atoms with van der Waals surface area (Å²) in [5.41, 5.74) is 6.70. The molecular weight excluding hydrogens is 224 g/mol. The lowest BCUT2D eigenvalue weighted by Crippen LogP contribution is -2.09. The standard InChI is InChI=1S/C11H12N2O2S/c12-10(14)6-3-7-16-11-13-8-4-1-2-5-9(8)15-11/h1-2,4-5H,3,6-7H2,(H2,12,14). The van der Waals surface area contributed by atoms with E-state index in [1.807, 2.05) is 24.3 Å². The van der Waals surface area contributed by atoms with Crippen molar-refractivity contribution in [3.8, 4) is 0 Å². The van der Waals surface area contributed by atoms with Crippen LogP contribution in [0.5, 0.6) is 0 Å². The molecule has 84 valence electrons. The summed E-state index contributed by atoms with van der Waals surface area (Å²) in [6, 6.07) is 7.63. The number of carbonyl (C=O) groups excluding carboxylic acids is 1. The predicted molar refractivity (Wildman–Crippen MR) is 63.2 cm³/mol. The molecule has 2 aromatic rings. The minimum absolute atomic E-state index is 0.266. The van der Waals surface area contributed by atoms with Crippen LogP contribution >= 0.6 is 11.8 Å². The van der Waals surface area contributed by atoms with Gasteiger partial charge in [-0.3, -0.25) is 4.79 Å². The number of carbonyl (C=O) groups is 1. The van der Waals surface area contributed by atoms with Crippen molar-refractivity contribution in [2.75, 3.05) is 5.75 Å². The van der Waals surface area contributed by atoms with Gasteiger partial charge in [-0.2, -0.15) is 0 Å². The van der Waals surface area contributed by atoms with Crippen LogP contribution in [0.3, 0.4) is 0 Å². The molecule has 0 radical (unpaired) electrons. The number of hydrogen-bond acceptors (Lipinski definition) is 4. The number of fused-ring (bicyclic) bond motifs is 1. The van der Waals surface area contributed by atoms with E-state index < -0.39 is 0 Å². The van der Waals surface area contributed by atoms with E-state index in [1.54, 1.807) is 0 Å². The van der Waals surface area contributed by atoms with E-state index in [4.69, 9.17) is 10.2 Å². The van der Waals surface area contributed by atoms with Crippen molar-refractivity contribution in [1.82, 2.24) is 4.98 Å². The SMILES string of the molecule is NC(=O)CCCSc1nc2ccccc2o1. The van der Waals surface area contributed by atoms with Crippen molar-refractivity contribution < 1.29 is 9.21 Å². The molecule has 0 aliphatic carbocycles. The van der Waals surface area contributed by atoms with Crippen molar-refractivity contribution >= 4 is 28.8 Å². The number of benzene rings is 1. The molecule has 0 saturated heterocycles. The fourth-order valence-electron chi connectivity index (χ4n) is 1.32. The first-order valence-electron chi connectivity index (χ1n) is 5.02. The number of oxazole rings is 1. The Balaban J connectivity index is 1.92. The molecular formula is C11H12N2O2S. The van der Waals surface area contributed by atoms with Crippen LogP contribution in [0.4, 0.5) is 0 Å².